The summed E-state index contributed by atoms with van der Waals surface area (Å²) in [6.07, 6.45) is 3.88. The summed E-state index contributed by atoms with van der Waals surface area (Å²) in [5, 5.41) is 13.0. The van der Waals surface area contributed by atoms with Crippen LogP contribution in [0.25, 0.3) is 5.57 Å². The van der Waals surface area contributed by atoms with E-state index in [1.54, 1.807) is 19.1 Å². The van der Waals surface area contributed by atoms with E-state index in [2.05, 4.69) is 16.8 Å². The number of imide groups is 1. The summed E-state index contributed by atoms with van der Waals surface area (Å²) in [7, 11) is 0. The first-order valence-corrected chi connectivity index (χ1v) is 11.0. The highest BCUT2D eigenvalue weighted by atomic mass is 16.3. The average Bonchev–Trinajstić information content (AvgIpc) is 3.03. The fourth-order valence-electron chi connectivity index (χ4n) is 4.15. The number of carbonyl (C=O) groups excluding carboxylic acids is 3. The molecule has 0 aliphatic carbocycles. The lowest BCUT2D eigenvalue weighted by Crippen LogP contribution is -2.51. The lowest BCUT2D eigenvalue weighted by Gasteiger charge is -2.27. The van der Waals surface area contributed by atoms with E-state index in [0.29, 0.717) is 25.9 Å². The number of nitrogens with one attached hydrogen (secondary N) is 2. The maximum Gasteiger partial charge on any atom is 0.344 e. The highest BCUT2D eigenvalue weighted by molar-refractivity contribution is 6.07. The number of hydrazine groups is 1. The van der Waals surface area contributed by atoms with Gasteiger partial charge in [-0.05, 0) is 55.0 Å². The molecule has 33 heavy (non-hydrogen) atoms. The SMILES string of the molecule is CC1(CCc2ccccc2)NC(=O)N(NC(=O)CN2CC=C(c3ccc(O)cc3)CC2)C1=O. The number of benzene rings is 2. The van der Waals surface area contributed by atoms with Crippen molar-refractivity contribution in [3.63, 3.8) is 0 Å². The second-order valence-corrected chi connectivity index (χ2v) is 8.68. The molecule has 2 aromatic carbocycles. The van der Waals surface area contributed by atoms with Crippen LogP contribution < -0.4 is 10.7 Å². The van der Waals surface area contributed by atoms with E-state index >= 15 is 0 Å². The molecule has 0 radical (unpaired) electrons. The van der Waals surface area contributed by atoms with Gasteiger partial charge in [0.15, 0.2) is 0 Å². The molecule has 172 valence electrons. The molecular weight excluding hydrogens is 420 g/mol. The summed E-state index contributed by atoms with van der Waals surface area (Å²) in [5.74, 6) is -0.637. The van der Waals surface area contributed by atoms with Crippen molar-refractivity contribution in [1.29, 1.82) is 0 Å². The smallest absolute Gasteiger partial charge is 0.344 e. The highest BCUT2D eigenvalue weighted by Gasteiger charge is 2.48. The van der Waals surface area contributed by atoms with Crippen molar-refractivity contribution < 1.29 is 19.5 Å². The molecule has 2 aliphatic heterocycles. The fraction of sp³-hybridized carbons (Fsp3) is 0.320. The number of phenolic OH excluding ortho intramolecular Hbond substituents is 1. The summed E-state index contributed by atoms with van der Waals surface area (Å²) in [4.78, 5) is 39.8. The third-order valence-electron chi connectivity index (χ3n) is 6.15. The van der Waals surface area contributed by atoms with Gasteiger partial charge in [-0.2, -0.15) is 5.01 Å². The minimum Gasteiger partial charge on any atom is -0.508 e. The molecule has 0 aromatic heterocycles. The van der Waals surface area contributed by atoms with Gasteiger partial charge in [0.25, 0.3) is 11.8 Å². The summed E-state index contributed by atoms with van der Waals surface area (Å²) in [5.41, 5.74) is 4.69. The Kier molecular flexibility index (Phi) is 6.46. The van der Waals surface area contributed by atoms with Gasteiger partial charge in [0.05, 0.1) is 6.54 Å². The van der Waals surface area contributed by atoms with Crippen molar-refractivity contribution >= 4 is 23.4 Å². The number of nitrogens with zero attached hydrogens (tertiary/aromatic N) is 2. The van der Waals surface area contributed by atoms with Crippen LogP contribution in [0.15, 0.2) is 60.7 Å². The number of aryl methyl sites for hydroxylation is 1. The number of hydrogen-bond donors (Lipinski definition) is 3. The van der Waals surface area contributed by atoms with Crippen LogP contribution in [-0.4, -0.2) is 58.0 Å². The first-order chi connectivity index (χ1) is 15.8. The maximum atomic E-state index is 12.9. The van der Waals surface area contributed by atoms with Crippen LogP contribution in [0.2, 0.25) is 0 Å². The number of rotatable bonds is 7. The topological polar surface area (TPSA) is 102 Å². The van der Waals surface area contributed by atoms with Crippen molar-refractivity contribution in [2.45, 2.75) is 31.7 Å². The highest BCUT2D eigenvalue weighted by Crippen LogP contribution is 2.24. The normalized spacial score (nSPS) is 21.0. The van der Waals surface area contributed by atoms with Gasteiger partial charge < -0.3 is 10.4 Å². The summed E-state index contributed by atoms with van der Waals surface area (Å²) < 4.78 is 0. The van der Waals surface area contributed by atoms with Crippen LogP contribution in [0, 0.1) is 0 Å². The maximum absolute atomic E-state index is 12.9. The lowest BCUT2D eigenvalue weighted by molar-refractivity contribution is -0.139. The van der Waals surface area contributed by atoms with Gasteiger partial charge in [-0.15, -0.1) is 0 Å². The largest absolute Gasteiger partial charge is 0.508 e. The Balaban J connectivity index is 1.30. The summed E-state index contributed by atoms with van der Waals surface area (Å²) in [6, 6.07) is 16.2. The molecular formula is C25H28N4O4. The minimum absolute atomic E-state index is 0.0805. The Morgan fingerprint density at radius 1 is 1.12 bits per heavy atom. The molecule has 1 saturated heterocycles. The first-order valence-electron chi connectivity index (χ1n) is 11.0. The van der Waals surface area contributed by atoms with E-state index in [4.69, 9.17) is 0 Å². The molecule has 0 spiro atoms. The van der Waals surface area contributed by atoms with Crippen LogP contribution in [0.1, 0.15) is 30.9 Å². The lowest BCUT2D eigenvalue weighted by atomic mass is 9.93. The Hall–Kier alpha value is -3.65. The van der Waals surface area contributed by atoms with E-state index in [1.165, 1.54) is 0 Å². The molecule has 1 fully saturated rings. The molecule has 2 aromatic rings. The van der Waals surface area contributed by atoms with Gasteiger partial charge in [0.1, 0.15) is 11.3 Å². The Bertz CT molecular complexity index is 1070. The molecule has 4 amide bonds. The number of hydrogen-bond acceptors (Lipinski definition) is 5. The van der Waals surface area contributed by atoms with Crippen LogP contribution in [0.4, 0.5) is 4.79 Å². The van der Waals surface area contributed by atoms with Crippen molar-refractivity contribution in [3.05, 3.63) is 71.8 Å². The third-order valence-corrected chi connectivity index (χ3v) is 6.15. The van der Waals surface area contributed by atoms with Crippen molar-refractivity contribution in [2.24, 2.45) is 0 Å². The van der Waals surface area contributed by atoms with Gasteiger partial charge in [-0.25, -0.2) is 4.79 Å². The Morgan fingerprint density at radius 3 is 2.52 bits per heavy atom. The summed E-state index contributed by atoms with van der Waals surface area (Å²) >= 11 is 0. The standard InChI is InChI=1S/C25H28N4O4/c1-25(14-11-18-5-3-2-4-6-18)23(32)29(24(33)26-25)27-22(31)17-28-15-12-20(13-16-28)19-7-9-21(30)10-8-19/h2-10,12,30H,11,13-17H2,1H3,(H,26,33)(H,27,31). The average molecular weight is 449 g/mol. The molecule has 3 N–H and O–H groups in total. The molecule has 0 bridgehead atoms. The second kappa shape index (κ2) is 9.46. The molecule has 4 rings (SSSR count). The zero-order chi connectivity index (χ0) is 23.4. The quantitative estimate of drug-likeness (QED) is 0.565. The van der Waals surface area contributed by atoms with E-state index in [-0.39, 0.29) is 12.3 Å². The molecule has 0 saturated carbocycles. The van der Waals surface area contributed by atoms with E-state index in [0.717, 1.165) is 28.1 Å². The number of carbonyl (C=O) groups is 3. The Labute approximate surface area is 192 Å². The monoisotopic (exact) mass is 448 g/mol. The molecule has 2 heterocycles. The van der Waals surface area contributed by atoms with Crippen molar-refractivity contribution in [1.82, 2.24) is 20.7 Å². The third kappa shape index (κ3) is 5.23. The van der Waals surface area contributed by atoms with E-state index in [1.807, 2.05) is 47.4 Å². The zero-order valence-corrected chi connectivity index (χ0v) is 18.6. The van der Waals surface area contributed by atoms with Gasteiger partial charge >= 0.3 is 6.03 Å². The molecule has 2 aliphatic rings. The summed E-state index contributed by atoms with van der Waals surface area (Å²) in [6.45, 7) is 3.02. The van der Waals surface area contributed by atoms with Crippen LogP contribution in [0.3, 0.4) is 0 Å². The molecule has 1 atom stereocenters. The van der Waals surface area contributed by atoms with Gasteiger partial charge in [0, 0.05) is 13.1 Å². The number of aromatic hydroxyl groups is 1. The predicted molar refractivity (Wildman–Crippen MR) is 124 cm³/mol. The first kappa shape index (κ1) is 22.5. The fourth-order valence-corrected chi connectivity index (χ4v) is 4.15. The van der Waals surface area contributed by atoms with Gasteiger partial charge in [-0.1, -0.05) is 48.5 Å². The molecule has 8 heteroatoms. The van der Waals surface area contributed by atoms with Crippen molar-refractivity contribution in [2.75, 3.05) is 19.6 Å². The zero-order valence-electron chi connectivity index (χ0n) is 18.6. The van der Waals surface area contributed by atoms with E-state index in [9.17, 15) is 19.5 Å². The van der Waals surface area contributed by atoms with Crippen LogP contribution in [-0.2, 0) is 16.0 Å². The van der Waals surface area contributed by atoms with Gasteiger partial charge in [-0.3, -0.25) is 19.9 Å². The molecule has 1 unspecified atom stereocenters. The number of urea groups is 1. The van der Waals surface area contributed by atoms with Crippen molar-refractivity contribution in [3.8, 4) is 5.75 Å². The van der Waals surface area contributed by atoms with Gasteiger partial charge in [0.2, 0.25) is 0 Å². The predicted octanol–water partition coefficient (Wildman–Crippen LogP) is 2.46. The number of amides is 4. The van der Waals surface area contributed by atoms with E-state index < -0.39 is 23.4 Å². The number of phenols is 1. The van der Waals surface area contributed by atoms with Crippen LogP contribution >= 0.6 is 0 Å². The Morgan fingerprint density at radius 2 is 1.85 bits per heavy atom. The van der Waals surface area contributed by atoms with Crippen LogP contribution in [0.5, 0.6) is 5.75 Å². The minimum atomic E-state index is -1.06. The second-order valence-electron chi connectivity index (χ2n) is 8.68. The molecule has 8 nitrogen and oxygen atoms in total.